The smallest absolute Gasteiger partial charge is 0.220 e. The molecule has 0 spiro atoms. The molecule has 26 heavy (non-hydrogen) atoms. The predicted octanol–water partition coefficient (Wildman–Crippen LogP) is 3.07. The van der Waals surface area contributed by atoms with Crippen LogP contribution in [0.4, 0.5) is 5.82 Å². The summed E-state index contributed by atoms with van der Waals surface area (Å²) in [6.07, 6.45) is 9.33. The predicted molar refractivity (Wildman–Crippen MR) is 105 cm³/mol. The standard InChI is InChI=1S/C18H28N6OS/c1-12(2)21-16-14-11-20-24(17(14)23-18(22-16)26-3)9-8-19-15(25)10-13-6-4-5-7-13/h11-13H,4-10H2,1-3H3,(H,19,25)(H,21,22,23). The van der Waals surface area contributed by atoms with E-state index in [1.807, 2.05) is 10.9 Å². The summed E-state index contributed by atoms with van der Waals surface area (Å²) < 4.78 is 1.85. The number of hydrogen-bond donors (Lipinski definition) is 2. The Labute approximate surface area is 158 Å². The lowest BCUT2D eigenvalue weighted by atomic mass is 10.0. The zero-order chi connectivity index (χ0) is 18.5. The van der Waals surface area contributed by atoms with Gasteiger partial charge in [-0.3, -0.25) is 4.79 Å². The lowest BCUT2D eigenvalue weighted by molar-refractivity contribution is -0.122. The lowest BCUT2D eigenvalue weighted by Crippen LogP contribution is -2.28. The molecule has 142 valence electrons. The van der Waals surface area contributed by atoms with E-state index in [0.717, 1.165) is 16.9 Å². The average Bonchev–Trinajstić information content (AvgIpc) is 3.24. The van der Waals surface area contributed by atoms with Gasteiger partial charge < -0.3 is 10.6 Å². The Hall–Kier alpha value is -1.83. The minimum atomic E-state index is 0.148. The molecular formula is C18H28N6OS. The first kappa shape index (κ1) is 18.9. The molecular weight excluding hydrogens is 348 g/mol. The van der Waals surface area contributed by atoms with Gasteiger partial charge in [0.2, 0.25) is 5.91 Å². The second-order valence-corrected chi connectivity index (χ2v) is 7.94. The van der Waals surface area contributed by atoms with Crippen LogP contribution in [0, 0.1) is 5.92 Å². The molecule has 7 nitrogen and oxygen atoms in total. The van der Waals surface area contributed by atoms with E-state index in [9.17, 15) is 4.79 Å². The Morgan fingerprint density at radius 3 is 2.81 bits per heavy atom. The second-order valence-electron chi connectivity index (χ2n) is 7.17. The van der Waals surface area contributed by atoms with Gasteiger partial charge in [-0.2, -0.15) is 5.10 Å². The minimum Gasteiger partial charge on any atom is -0.367 e. The molecule has 1 aliphatic carbocycles. The highest BCUT2D eigenvalue weighted by Crippen LogP contribution is 2.27. The van der Waals surface area contributed by atoms with Gasteiger partial charge >= 0.3 is 0 Å². The Bertz CT molecular complexity index is 753. The molecule has 0 bridgehead atoms. The molecule has 0 saturated heterocycles. The molecule has 2 N–H and O–H groups in total. The monoisotopic (exact) mass is 376 g/mol. The summed E-state index contributed by atoms with van der Waals surface area (Å²) in [6, 6.07) is 0.279. The lowest BCUT2D eigenvalue weighted by Gasteiger charge is -2.12. The maximum Gasteiger partial charge on any atom is 0.220 e. The minimum absolute atomic E-state index is 0.148. The number of fused-ring (bicyclic) bond motifs is 1. The quantitative estimate of drug-likeness (QED) is 0.544. The Morgan fingerprint density at radius 1 is 1.35 bits per heavy atom. The molecule has 1 aliphatic rings. The van der Waals surface area contributed by atoms with Crippen LogP contribution in [-0.2, 0) is 11.3 Å². The number of nitrogens with one attached hydrogen (secondary N) is 2. The number of thioether (sulfide) groups is 1. The third-order valence-electron chi connectivity index (χ3n) is 4.68. The Balaban J connectivity index is 1.65. The van der Waals surface area contributed by atoms with Crippen molar-refractivity contribution in [2.24, 2.45) is 5.92 Å². The molecule has 2 aromatic rings. The molecule has 0 radical (unpaired) electrons. The molecule has 0 aromatic carbocycles. The SMILES string of the molecule is CSc1nc(NC(C)C)c2cnn(CCNC(=O)CC3CCCC3)c2n1. The van der Waals surface area contributed by atoms with E-state index in [2.05, 4.69) is 39.5 Å². The van der Waals surface area contributed by atoms with Gasteiger partial charge in [-0.25, -0.2) is 14.6 Å². The van der Waals surface area contributed by atoms with Gasteiger partial charge in [0.15, 0.2) is 10.8 Å². The van der Waals surface area contributed by atoms with Crippen LogP contribution in [-0.4, -0.2) is 44.5 Å². The average molecular weight is 377 g/mol. The van der Waals surface area contributed by atoms with Gasteiger partial charge in [-0.15, -0.1) is 0 Å². The number of amides is 1. The summed E-state index contributed by atoms with van der Waals surface area (Å²) in [6.45, 7) is 5.33. The van der Waals surface area contributed by atoms with Gasteiger partial charge in [0.25, 0.3) is 0 Å². The number of carbonyl (C=O) groups excluding carboxylic acids is 1. The number of carbonyl (C=O) groups is 1. The maximum atomic E-state index is 12.1. The molecule has 0 atom stereocenters. The van der Waals surface area contributed by atoms with Gasteiger partial charge in [0, 0.05) is 19.0 Å². The van der Waals surface area contributed by atoms with E-state index in [4.69, 9.17) is 0 Å². The van der Waals surface area contributed by atoms with Crippen molar-refractivity contribution in [3.8, 4) is 0 Å². The summed E-state index contributed by atoms with van der Waals surface area (Å²) in [5.41, 5.74) is 0.803. The van der Waals surface area contributed by atoms with Crippen LogP contribution in [0.25, 0.3) is 11.0 Å². The van der Waals surface area contributed by atoms with E-state index < -0.39 is 0 Å². The topological polar surface area (TPSA) is 84.7 Å². The summed E-state index contributed by atoms with van der Waals surface area (Å²) in [5, 5.41) is 12.5. The number of rotatable bonds is 8. The molecule has 2 aromatic heterocycles. The van der Waals surface area contributed by atoms with Gasteiger partial charge in [-0.05, 0) is 38.9 Å². The molecule has 3 rings (SSSR count). The van der Waals surface area contributed by atoms with Gasteiger partial charge in [0.1, 0.15) is 5.82 Å². The molecule has 0 aliphatic heterocycles. The highest BCUT2D eigenvalue weighted by Gasteiger charge is 2.18. The third kappa shape index (κ3) is 4.66. The number of aromatic nitrogens is 4. The van der Waals surface area contributed by atoms with Crippen LogP contribution in [0.2, 0.25) is 0 Å². The van der Waals surface area contributed by atoms with E-state index in [0.29, 0.717) is 30.6 Å². The van der Waals surface area contributed by atoms with Crippen LogP contribution in [0.3, 0.4) is 0 Å². The van der Waals surface area contributed by atoms with Gasteiger partial charge in [0.05, 0.1) is 18.1 Å². The first-order valence-corrected chi connectivity index (χ1v) is 10.6. The molecule has 8 heteroatoms. The number of hydrogen-bond acceptors (Lipinski definition) is 6. The zero-order valence-electron chi connectivity index (χ0n) is 15.8. The van der Waals surface area contributed by atoms with Crippen molar-refractivity contribution in [3.05, 3.63) is 6.20 Å². The zero-order valence-corrected chi connectivity index (χ0v) is 16.6. The fraction of sp³-hybridized carbons (Fsp3) is 0.667. The first-order chi connectivity index (χ1) is 12.6. The van der Waals surface area contributed by atoms with Crippen molar-refractivity contribution in [3.63, 3.8) is 0 Å². The van der Waals surface area contributed by atoms with E-state index in [-0.39, 0.29) is 11.9 Å². The van der Waals surface area contributed by atoms with Crippen LogP contribution in [0.15, 0.2) is 11.4 Å². The van der Waals surface area contributed by atoms with Crippen LogP contribution < -0.4 is 10.6 Å². The number of anilines is 1. The van der Waals surface area contributed by atoms with Crippen molar-refractivity contribution in [2.75, 3.05) is 18.1 Å². The Kier molecular flexibility index (Phi) is 6.34. The Morgan fingerprint density at radius 2 is 2.12 bits per heavy atom. The molecule has 0 unspecified atom stereocenters. The van der Waals surface area contributed by atoms with Crippen molar-refractivity contribution in [1.82, 2.24) is 25.1 Å². The summed E-state index contributed by atoms with van der Waals surface area (Å²) in [4.78, 5) is 21.2. The first-order valence-electron chi connectivity index (χ1n) is 9.37. The normalized spacial score (nSPS) is 15.1. The summed E-state index contributed by atoms with van der Waals surface area (Å²) >= 11 is 1.51. The summed E-state index contributed by atoms with van der Waals surface area (Å²) in [5.74, 6) is 1.53. The van der Waals surface area contributed by atoms with Crippen LogP contribution in [0.1, 0.15) is 46.0 Å². The van der Waals surface area contributed by atoms with Gasteiger partial charge in [-0.1, -0.05) is 24.6 Å². The van der Waals surface area contributed by atoms with Crippen LogP contribution in [0.5, 0.6) is 0 Å². The fourth-order valence-electron chi connectivity index (χ4n) is 3.42. The van der Waals surface area contributed by atoms with E-state index in [1.165, 1.54) is 37.4 Å². The van der Waals surface area contributed by atoms with Crippen molar-refractivity contribution >= 4 is 34.5 Å². The molecule has 1 saturated carbocycles. The molecule has 2 heterocycles. The third-order valence-corrected chi connectivity index (χ3v) is 5.23. The van der Waals surface area contributed by atoms with Crippen molar-refractivity contribution in [1.29, 1.82) is 0 Å². The fourth-order valence-corrected chi connectivity index (χ4v) is 3.78. The molecule has 1 amide bonds. The second kappa shape index (κ2) is 8.70. The number of nitrogens with zero attached hydrogens (tertiary/aromatic N) is 4. The molecule has 1 fully saturated rings. The van der Waals surface area contributed by atoms with E-state index in [1.54, 1.807) is 6.20 Å². The van der Waals surface area contributed by atoms with Crippen molar-refractivity contribution < 1.29 is 4.79 Å². The largest absolute Gasteiger partial charge is 0.367 e. The van der Waals surface area contributed by atoms with Crippen LogP contribution >= 0.6 is 11.8 Å². The van der Waals surface area contributed by atoms with Crippen molar-refractivity contribution in [2.45, 2.75) is 63.7 Å². The van der Waals surface area contributed by atoms with E-state index >= 15 is 0 Å². The highest BCUT2D eigenvalue weighted by molar-refractivity contribution is 7.98. The maximum absolute atomic E-state index is 12.1. The summed E-state index contributed by atoms with van der Waals surface area (Å²) in [7, 11) is 0. The highest BCUT2D eigenvalue weighted by atomic mass is 32.2.